The first-order valence-corrected chi connectivity index (χ1v) is 10.8. The molecule has 0 unspecified atom stereocenters. The Hall–Kier alpha value is -0.250. The summed E-state index contributed by atoms with van der Waals surface area (Å²) in [6, 6.07) is 10.7. The van der Waals surface area contributed by atoms with E-state index in [-0.39, 0.29) is 20.9 Å². The molecule has 0 aliphatic rings. The first-order valence-electron chi connectivity index (χ1n) is 7.76. The van der Waals surface area contributed by atoms with Crippen molar-refractivity contribution < 1.29 is 0 Å². The molecule has 0 saturated heterocycles. The molecule has 0 atom stereocenters. The van der Waals surface area contributed by atoms with E-state index in [0.717, 1.165) is 0 Å². The van der Waals surface area contributed by atoms with Crippen LogP contribution in [-0.2, 0) is 0 Å². The molecular formula is C18H28Te. The van der Waals surface area contributed by atoms with Crippen molar-refractivity contribution in [2.75, 3.05) is 0 Å². The topological polar surface area (TPSA) is 0 Å². The Morgan fingerprint density at radius 1 is 0.842 bits per heavy atom. The minimum absolute atomic E-state index is 0.115. The fraction of sp³-hybridized carbons (Fsp3) is 0.556. The molecule has 0 aromatic heterocycles. The monoisotopic (exact) mass is 374 g/mol. The Kier molecular flexibility index (Phi) is 11.3. The van der Waals surface area contributed by atoms with E-state index >= 15 is 0 Å². The maximum atomic E-state index is 2.45. The molecule has 0 aliphatic heterocycles. The molecule has 0 aliphatic carbocycles. The SMILES string of the molecule is CCCCCCCCCC[Te]/C=C/c1ccccc1. The van der Waals surface area contributed by atoms with E-state index in [4.69, 9.17) is 0 Å². The van der Waals surface area contributed by atoms with Gasteiger partial charge in [-0.3, -0.25) is 0 Å². The summed E-state index contributed by atoms with van der Waals surface area (Å²) in [5.41, 5.74) is 1.35. The van der Waals surface area contributed by atoms with E-state index in [9.17, 15) is 0 Å². The van der Waals surface area contributed by atoms with Crippen molar-refractivity contribution in [3.63, 3.8) is 0 Å². The summed E-state index contributed by atoms with van der Waals surface area (Å²) >= 11 is 0.115. The van der Waals surface area contributed by atoms with Gasteiger partial charge in [0.05, 0.1) is 0 Å². The van der Waals surface area contributed by atoms with Crippen molar-refractivity contribution in [3.8, 4) is 0 Å². The Morgan fingerprint density at radius 2 is 1.47 bits per heavy atom. The summed E-state index contributed by atoms with van der Waals surface area (Å²) in [5.74, 6) is 0. The number of hydrogen-bond acceptors (Lipinski definition) is 0. The molecule has 19 heavy (non-hydrogen) atoms. The van der Waals surface area contributed by atoms with Crippen LogP contribution in [0.1, 0.15) is 63.9 Å². The van der Waals surface area contributed by atoms with Crippen LogP contribution in [0.2, 0.25) is 4.47 Å². The fourth-order valence-electron chi connectivity index (χ4n) is 2.08. The van der Waals surface area contributed by atoms with Crippen LogP contribution in [0.4, 0.5) is 0 Å². The Bertz CT molecular complexity index is 316. The molecular weight excluding hydrogens is 344 g/mol. The molecule has 1 rings (SSSR count). The van der Waals surface area contributed by atoms with Crippen molar-refractivity contribution >= 4 is 27.0 Å². The van der Waals surface area contributed by atoms with Gasteiger partial charge in [-0.05, 0) is 0 Å². The van der Waals surface area contributed by atoms with Crippen molar-refractivity contribution in [2.45, 2.75) is 62.8 Å². The molecule has 0 spiro atoms. The fourth-order valence-corrected chi connectivity index (χ4v) is 4.25. The summed E-state index contributed by atoms with van der Waals surface area (Å²) in [7, 11) is 0. The molecule has 0 bridgehead atoms. The van der Waals surface area contributed by atoms with Crippen LogP contribution < -0.4 is 0 Å². The van der Waals surface area contributed by atoms with Crippen LogP contribution in [-0.4, -0.2) is 20.9 Å². The predicted molar refractivity (Wildman–Crippen MR) is 88.6 cm³/mol. The summed E-state index contributed by atoms with van der Waals surface area (Å²) in [6.07, 6.45) is 13.8. The van der Waals surface area contributed by atoms with E-state index in [2.05, 4.69) is 47.5 Å². The van der Waals surface area contributed by atoms with Crippen molar-refractivity contribution in [1.82, 2.24) is 0 Å². The van der Waals surface area contributed by atoms with Gasteiger partial charge < -0.3 is 0 Å². The Balaban J connectivity index is 1.87. The molecule has 1 aromatic carbocycles. The zero-order valence-electron chi connectivity index (χ0n) is 12.3. The van der Waals surface area contributed by atoms with Gasteiger partial charge in [0.25, 0.3) is 0 Å². The minimum atomic E-state index is 0.115. The van der Waals surface area contributed by atoms with Crippen LogP contribution in [0.3, 0.4) is 0 Å². The third-order valence-corrected chi connectivity index (χ3v) is 5.71. The average Bonchev–Trinajstić information content (AvgIpc) is 2.46. The molecule has 1 aromatic rings. The van der Waals surface area contributed by atoms with Gasteiger partial charge in [0.2, 0.25) is 0 Å². The van der Waals surface area contributed by atoms with Crippen molar-refractivity contribution in [2.24, 2.45) is 0 Å². The normalized spacial score (nSPS) is 11.2. The van der Waals surface area contributed by atoms with Gasteiger partial charge in [-0.1, -0.05) is 0 Å². The molecule has 0 heterocycles. The van der Waals surface area contributed by atoms with E-state index in [1.165, 1.54) is 61.4 Å². The first-order chi connectivity index (χ1) is 9.43. The number of rotatable bonds is 11. The predicted octanol–water partition coefficient (Wildman–Crippen LogP) is 5.92. The second kappa shape index (κ2) is 12.8. The molecule has 0 amide bonds. The molecule has 0 saturated carbocycles. The summed E-state index contributed by atoms with van der Waals surface area (Å²) in [5, 5.41) is 0. The van der Waals surface area contributed by atoms with Crippen LogP contribution >= 0.6 is 0 Å². The zero-order chi connectivity index (χ0) is 13.6. The standard InChI is InChI=1S/C18H28Te/c1-2-3-4-5-6-7-8-12-16-19-17-15-18-13-10-9-11-14-18/h9-11,13-15,17H,2-8,12,16H2,1H3/b17-15+. The first kappa shape index (κ1) is 16.8. The van der Waals surface area contributed by atoms with Crippen LogP contribution in [0.5, 0.6) is 0 Å². The van der Waals surface area contributed by atoms with Gasteiger partial charge >= 0.3 is 130 Å². The molecule has 0 N–H and O–H groups in total. The number of unbranched alkanes of at least 4 members (excludes halogenated alkanes) is 7. The Morgan fingerprint density at radius 3 is 2.16 bits per heavy atom. The number of hydrogen-bond donors (Lipinski definition) is 0. The molecule has 0 nitrogen and oxygen atoms in total. The zero-order valence-corrected chi connectivity index (χ0v) is 14.6. The van der Waals surface area contributed by atoms with Gasteiger partial charge in [-0.15, -0.1) is 0 Å². The molecule has 1 heteroatoms. The summed E-state index contributed by atoms with van der Waals surface area (Å²) in [4.78, 5) is 0. The quantitative estimate of drug-likeness (QED) is 0.334. The van der Waals surface area contributed by atoms with E-state index in [1.807, 2.05) is 0 Å². The van der Waals surface area contributed by atoms with E-state index < -0.39 is 0 Å². The maximum absolute atomic E-state index is 2.45. The van der Waals surface area contributed by atoms with Gasteiger partial charge in [0, 0.05) is 0 Å². The molecule has 0 fully saturated rings. The van der Waals surface area contributed by atoms with Crippen LogP contribution in [0.15, 0.2) is 34.5 Å². The summed E-state index contributed by atoms with van der Waals surface area (Å²) < 4.78 is 3.92. The number of benzene rings is 1. The van der Waals surface area contributed by atoms with Crippen LogP contribution in [0, 0.1) is 0 Å². The molecule has 106 valence electrons. The Labute approximate surface area is 129 Å². The van der Waals surface area contributed by atoms with E-state index in [1.54, 1.807) is 0 Å². The third-order valence-electron chi connectivity index (χ3n) is 3.27. The van der Waals surface area contributed by atoms with Crippen LogP contribution in [0.25, 0.3) is 6.08 Å². The van der Waals surface area contributed by atoms with Gasteiger partial charge in [0.15, 0.2) is 0 Å². The van der Waals surface area contributed by atoms with Crippen molar-refractivity contribution in [1.29, 1.82) is 0 Å². The second-order valence-corrected chi connectivity index (χ2v) is 7.95. The average molecular weight is 372 g/mol. The summed E-state index contributed by atoms with van der Waals surface area (Å²) in [6.45, 7) is 2.29. The second-order valence-electron chi connectivity index (χ2n) is 5.06. The third kappa shape index (κ3) is 10.2. The van der Waals surface area contributed by atoms with E-state index in [0.29, 0.717) is 0 Å². The van der Waals surface area contributed by atoms with Crippen molar-refractivity contribution in [3.05, 3.63) is 40.0 Å². The van der Waals surface area contributed by atoms with Gasteiger partial charge in [-0.2, -0.15) is 0 Å². The van der Waals surface area contributed by atoms with Gasteiger partial charge in [-0.25, -0.2) is 0 Å². The van der Waals surface area contributed by atoms with Gasteiger partial charge in [0.1, 0.15) is 0 Å². The molecule has 0 radical (unpaired) electrons.